The first-order valence-corrected chi connectivity index (χ1v) is 6.47. The molecule has 0 spiro atoms. The van der Waals surface area contributed by atoms with Crippen molar-refractivity contribution < 1.29 is 9.84 Å². The Morgan fingerprint density at radius 2 is 2.06 bits per heavy atom. The molecule has 1 aromatic heterocycles. The van der Waals surface area contributed by atoms with Crippen LogP contribution in [0.5, 0.6) is 0 Å². The fraction of sp³-hybridized carbons (Fsp3) is 0.467. The zero-order valence-electron chi connectivity index (χ0n) is 11.1. The van der Waals surface area contributed by atoms with Crippen molar-refractivity contribution in [3.8, 4) is 0 Å². The Morgan fingerprint density at radius 1 is 1.28 bits per heavy atom. The van der Waals surface area contributed by atoms with Crippen molar-refractivity contribution in [3.63, 3.8) is 0 Å². The van der Waals surface area contributed by atoms with E-state index in [1.165, 1.54) is 0 Å². The van der Waals surface area contributed by atoms with Crippen LogP contribution in [0.15, 0.2) is 30.5 Å². The molecular weight excluding hydrogens is 226 g/mol. The van der Waals surface area contributed by atoms with Crippen molar-refractivity contribution in [2.75, 3.05) is 13.2 Å². The zero-order chi connectivity index (χ0) is 13.0. The van der Waals surface area contributed by atoms with Crippen LogP contribution in [-0.4, -0.2) is 22.9 Å². The van der Waals surface area contributed by atoms with Gasteiger partial charge in [0.05, 0.1) is 13.2 Å². The number of aliphatic hydroxyl groups excluding tert-OH is 1. The molecule has 0 aliphatic rings. The molecular formula is C15H21NO2. The van der Waals surface area contributed by atoms with Gasteiger partial charge in [0.2, 0.25) is 0 Å². The summed E-state index contributed by atoms with van der Waals surface area (Å²) in [5, 5.41) is 10.5. The summed E-state index contributed by atoms with van der Waals surface area (Å²) in [5.41, 5.74) is 2.14. The highest BCUT2D eigenvalue weighted by Gasteiger charge is 2.06. The number of rotatable bonds is 6. The Kier molecular flexibility index (Phi) is 4.39. The molecule has 0 amide bonds. The first kappa shape index (κ1) is 13.1. The quantitative estimate of drug-likeness (QED) is 0.796. The topological polar surface area (TPSA) is 34.4 Å². The van der Waals surface area contributed by atoms with Gasteiger partial charge < -0.3 is 14.4 Å². The second-order valence-corrected chi connectivity index (χ2v) is 4.99. The maximum Gasteiger partial charge on any atom is 0.0702 e. The highest BCUT2D eigenvalue weighted by molar-refractivity contribution is 5.83. The Hall–Kier alpha value is -1.32. The number of fused-ring (bicyclic) bond motifs is 1. The molecule has 1 aromatic carbocycles. The van der Waals surface area contributed by atoms with Gasteiger partial charge in [-0.05, 0) is 12.0 Å². The molecule has 1 heterocycles. The van der Waals surface area contributed by atoms with Gasteiger partial charge in [0, 0.05) is 35.8 Å². The Morgan fingerprint density at radius 3 is 2.78 bits per heavy atom. The minimum Gasteiger partial charge on any atom is -0.392 e. The van der Waals surface area contributed by atoms with Crippen LogP contribution in [0.2, 0.25) is 0 Å². The Bertz CT molecular complexity index is 502. The van der Waals surface area contributed by atoms with Crippen molar-refractivity contribution in [2.24, 2.45) is 5.92 Å². The molecule has 0 saturated heterocycles. The first-order valence-electron chi connectivity index (χ1n) is 6.47. The Labute approximate surface area is 108 Å². The minimum absolute atomic E-state index is 0.0837. The van der Waals surface area contributed by atoms with Gasteiger partial charge >= 0.3 is 0 Å². The SMILES string of the molecule is CC(C)COCCn1cc(CO)c2ccccc21. The van der Waals surface area contributed by atoms with E-state index in [2.05, 4.69) is 24.5 Å². The molecule has 0 unspecified atom stereocenters. The molecule has 0 saturated carbocycles. The van der Waals surface area contributed by atoms with Crippen molar-refractivity contribution >= 4 is 10.9 Å². The highest BCUT2D eigenvalue weighted by atomic mass is 16.5. The van der Waals surface area contributed by atoms with Crippen molar-refractivity contribution in [1.82, 2.24) is 4.57 Å². The number of ether oxygens (including phenoxy) is 1. The molecule has 2 rings (SSSR count). The molecule has 2 aromatic rings. The lowest BCUT2D eigenvalue weighted by atomic mass is 10.2. The van der Waals surface area contributed by atoms with E-state index in [1.54, 1.807) is 0 Å². The van der Waals surface area contributed by atoms with Crippen LogP contribution in [0.1, 0.15) is 19.4 Å². The second-order valence-electron chi connectivity index (χ2n) is 4.99. The van der Waals surface area contributed by atoms with Crippen LogP contribution in [0, 0.1) is 5.92 Å². The smallest absolute Gasteiger partial charge is 0.0702 e. The predicted molar refractivity (Wildman–Crippen MR) is 73.5 cm³/mol. The van der Waals surface area contributed by atoms with Gasteiger partial charge in [-0.3, -0.25) is 0 Å². The molecule has 3 nitrogen and oxygen atoms in total. The molecule has 3 heteroatoms. The third-order valence-corrected chi connectivity index (χ3v) is 2.97. The maximum atomic E-state index is 9.35. The molecule has 1 N–H and O–H groups in total. The van der Waals surface area contributed by atoms with E-state index in [1.807, 2.05) is 24.4 Å². The number of para-hydroxylation sites is 1. The summed E-state index contributed by atoms with van der Waals surface area (Å²) < 4.78 is 7.76. The van der Waals surface area contributed by atoms with Gasteiger partial charge in [0.1, 0.15) is 0 Å². The van der Waals surface area contributed by atoms with E-state index in [-0.39, 0.29) is 6.61 Å². The van der Waals surface area contributed by atoms with Crippen molar-refractivity contribution in [1.29, 1.82) is 0 Å². The molecule has 0 radical (unpaired) electrons. The molecule has 0 atom stereocenters. The summed E-state index contributed by atoms with van der Waals surface area (Å²) >= 11 is 0. The number of aromatic nitrogens is 1. The van der Waals surface area contributed by atoms with E-state index in [9.17, 15) is 5.11 Å². The molecule has 98 valence electrons. The maximum absolute atomic E-state index is 9.35. The molecule has 0 fully saturated rings. The molecule has 0 aliphatic heterocycles. The van der Waals surface area contributed by atoms with E-state index < -0.39 is 0 Å². The largest absolute Gasteiger partial charge is 0.392 e. The van der Waals surface area contributed by atoms with Gasteiger partial charge in [0.25, 0.3) is 0 Å². The summed E-state index contributed by atoms with van der Waals surface area (Å²) in [6, 6.07) is 8.15. The fourth-order valence-electron chi connectivity index (χ4n) is 2.12. The Balaban J connectivity index is 2.08. The third-order valence-electron chi connectivity index (χ3n) is 2.97. The second kappa shape index (κ2) is 6.03. The van der Waals surface area contributed by atoms with Crippen molar-refractivity contribution in [3.05, 3.63) is 36.0 Å². The van der Waals surface area contributed by atoms with E-state index >= 15 is 0 Å². The average molecular weight is 247 g/mol. The number of aliphatic hydroxyl groups is 1. The molecule has 0 aliphatic carbocycles. The zero-order valence-corrected chi connectivity index (χ0v) is 11.1. The summed E-state index contributed by atoms with van der Waals surface area (Å²) in [6.07, 6.45) is 2.02. The lowest BCUT2D eigenvalue weighted by molar-refractivity contribution is 0.104. The van der Waals surface area contributed by atoms with Crippen LogP contribution in [-0.2, 0) is 17.9 Å². The number of hydrogen-bond donors (Lipinski definition) is 1. The average Bonchev–Trinajstić information content (AvgIpc) is 2.73. The number of nitrogens with zero attached hydrogens (tertiary/aromatic N) is 1. The van der Waals surface area contributed by atoms with Crippen molar-refractivity contribution in [2.45, 2.75) is 27.0 Å². The summed E-state index contributed by atoms with van der Waals surface area (Å²) in [7, 11) is 0. The lowest BCUT2D eigenvalue weighted by Gasteiger charge is -2.08. The monoisotopic (exact) mass is 247 g/mol. The summed E-state index contributed by atoms with van der Waals surface area (Å²) in [4.78, 5) is 0. The third kappa shape index (κ3) is 2.92. The number of benzene rings is 1. The minimum atomic E-state index is 0.0837. The predicted octanol–water partition coefficient (Wildman–Crippen LogP) is 2.81. The van der Waals surface area contributed by atoms with E-state index in [0.717, 1.165) is 29.6 Å². The normalized spacial score (nSPS) is 11.6. The van der Waals surface area contributed by atoms with Gasteiger partial charge in [0.15, 0.2) is 0 Å². The fourth-order valence-corrected chi connectivity index (χ4v) is 2.12. The van der Waals surface area contributed by atoms with Crippen LogP contribution < -0.4 is 0 Å². The van der Waals surface area contributed by atoms with Gasteiger partial charge in [-0.25, -0.2) is 0 Å². The first-order chi connectivity index (χ1) is 8.72. The molecule has 18 heavy (non-hydrogen) atoms. The van der Waals surface area contributed by atoms with Crippen LogP contribution in [0.25, 0.3) is 10.9 Å². The summed E-state index contributed by atoms with van der Waals surface area (Å²) in [5.74, 6) is 0.569. The van der Waals surface area contributed by atoms with Gasteiger partial charge in [-0.1, -0.05) is 32.0 Å². The lowest BCUT2D eigenvalue weighted by Crippen LogP contribution is -2.08. The number of hydrogen-bond acceptors (Lipinski definition) is 2. The van der Waals surface area contributed by atoms with Crippen LogP contribution in [0.4, 0.5) is 0 Å². The van der Waals surface area contributed by atoms with Gasteiger partial charge in [-0.2, -0.15) is 0 Å². The summed E-state index contributed by atoms with van der Waals surface area (Å²) in [6.45, 7) is 6.71. The highest BCUT2D eigenvalue weighted by Crippen LogP contribution is 2.21. The van der Waals surface area contributed by atoms with Crippen LogP contribution >= 0.6 is 0 Å². The van der Waals surface area contributed by atoms with Gasteiger partial charge in [-0.15, -0.1) is 0 Å². The van der Waals surface area contributed by atoms with E-state index in [0.29, 0.717) is 12.5 Å². The standard InChI is InChI=1S/C15H21NO2/c1-12(2)11-18-8-7-16-9-13(10-17)14-5-3-4-6-15(14)16/h3-6,9,12,17H,7-8,10-11H2,1-2H3. The van der Waals surface area contributed by atoms with Crippen LogP contribution in [0.3, 0.4) is 0 Å². The molecule has 0 bridgehead atoms. The van der Waals surface area contributed by atoms with E-state index in [4.69, 9.17) is 4.74 Å².